The van der Waals surface area contributed by atoms with E-state index in [0.717, 1.165) is 17.0 Å². The van der Waals surface area contributed by atoms with Gasteiger partial charge in [0.05, 0.1) is 7.11 Å². The van der Waals surface area contributed by atoms with Crippen molar-refractivity contribution in [2.45, 2.75) is 12.5 Å². The lowest BCUT2D eigenvalue weighted by atomic mass is 9.85. The van der Waals surface area contributed by atoms with Gasteiger partial charge in [0.2, 0.25) is 0 Å². The standard InChI is InChI=1S/C17H17NO/c1-17(14-9-4-3-5-10-14)16(19-2)12-13-8-6-7-11-15(13)18-17/h3-12,18H,1-2H3. The number of nitrogens with one attached hydrogen (secondary N) is 1. The Morgan fingerprint density at radius 2 is 1.63 bits per heavy atom. The number of para-hydroxylation sites is 1. The molecule has 1 heterocycles. The molecule has 0 spiro atoms. The van der Waals surface area contributed by atoms with Crippen LogP contribution in [0.15, 0.2) is 60.4 Å². The van der Waals surface area contributed by atoms with Crippen LogP contribution >= 0.6 is 0 Å². The summed E-state index contributed by atoms with van der Waals surface area (Å²) in [5, 5.41) is 3.60. The highest BCUT2D eigenvalue weighted by molar-refractivity contribution is 5.74. The van der Waals surface area contributed by atoms with Crippen molar-refractivity contribution >= 4 is 11.8 Å². The van der Waals surface area contributed by atoms with Crippen molar-refractivity contribution in [2.75, 3.05) is 12.4 Å². The molecule has 96 valence electrons. The zero-order valence-electron chi connectivity index (χ0n) is 11.2. The number of benzene rings is 2. The Hall–Kier alpha value is -2.22. The lowest BCUT2D eigenvalue weighted by Gasteiger charge is -2.37. The van der Waals surface area contributed by atoms with Gasteiger partial charge in [-0.2, -0.15) is 0 Å². The molecule has 0 bridgehead atoms. The quantitative estimate of drug-likeness (QED) is 0.870. The molecule has 1 unspecified atom stereocenters. The monoisotopic (exact) mass is 251 g/mol. The minimum Gasteiger partial charge on any atom is -0.498 e. The molecular formula is C17H17NO. The summed E-state index contributed by atoms with van der Waals surface area (Å²) in [5.41, 5.74) is 3.16. The highest BCUT2D eigenvalue weighted by atomic mass is 16.5. The molecule has 1 aliphatic rings. The van der Waals surface area contributed by atoms with Gasteiger partial charge in [0, 0.05) is 11.3 Å². The molecule has 0 amide bonds. The molecule has 1 aliphatic heterocycles. The predicted molar refractivity (Wildman–Crippen MR) is 78.8 cm³/mol. The van der Waals surface area contributed by atoms with Crippen molar-refractivity contribution in [1.82, 2.24) is 0 Å². The molecule has 0 saturated carbocycles. The van der Waals surface area contributed by atoms with Crippen LogP contribution in [0.2, 0.25) is 0 Å². The summed E-state index contributed by atoms with van der Waals surface area (Å²) < 4.78 is 5.62. The lowest BCUT2D eigenvalue weighted by molar-refractivity contribution is 0.241. The molecule has 0 fully saturated rings. The first kappa shape index (κ1) is 11.8. The van der Waals surface area contributed by atoms with E-state index < -0.39 is 0 Å². The summed E-state index contributed by atoms with van der Waals surface area (Å²) in [6, 6.07) is 18.6. The van der Waals surface area contributed by atoms with E-state index in [1.54, 1.807) is 7.11 Å². The van der Waals surface area contributed by atoms with E-state index in [1.165, 1.54) is 5.56 Å². The Bertz CT molecular complexity index is 618. The molecule has 19 heavy (non-hydrogen) atoms. The number of hydrogen-bond donors (Lipinski definition) is 1. The minimum absolute atomic E-state index is 0.329. The summed E-state index contributed by atoms with van der Waals surface area (Å²) in [5.74, 6) is 0.928. The van der Waals surface area contributed by atoms with E-state index in [9.17, 15) is 0 Å². The largest absolute Gasteiger partial charge is 0.498 e. The van der Waals surface area contributed by atoms with Crippen LogP contribution < -0.4 is 5.32 Å². The van der Waals surface area contributed by atoms with Crippen molar-refractivity contribution in [3.8, 4) is 0 Å². The first-order chi connectivity index (χ1) is 9.24. The van der Waals surface area contributed by atoms with Crippen LogP contribution in [-0.2, 0) is 10.3 Å². The number of methoxy groups -OCH3 is 1. The molecule has 3 rings (SSSR count). The van der Waals surface area contributed by atoms with Crippen molar-refractivity contribution in [3.05, 3.63) is 71.5 Å². The van der Waals surface area contributed by atoms with Crippen LogP contribution in [0, 0.1) is 0 Å². The fourth-order valence-corrected chi connectivity index (χ4v) is 2.60. The van der Waals surface area contributed by atoms with E-state index in [1.807, 2.05) is 18.2 Å². The lowest BCUT2D eigenvalue weighted by Crippen LogP contribution is -2.37. The molecule has 0 aliphatic carbocycles. The van der Waals surface area contributed by atoms with Gasteiger partial charge < -0.3 is 10.1 Å². The van der Waals surface area contributed by atoms with Crippen molar-refractivity contribution in [3.63, 3.8) is 0 Å². The Labute approximate surface area is 113 Å². The SMILES string of the molecule is COC1=Cc2ccccc2NC1(C)c1ccccc1. The maximum absolute atomic E-state index is 5.62. The third-order valence-electron chi connectivity index (χ3n) is 3.70. The summed E-state index contributed by atoms with van der Waals surface area (Å²) in [6.07, 6.45) is 2.11. The zero-order chi connectivity index (χ0) is 13.3. The Balaban J connectivity index is 2.14. The normalized spacial score (nSPS) is 21.1. The molecular weight excluding hydrogens is 234 g/mol. The summed E-state index contributed by atoms with van der Waals surface area (Å²) in [6.45, 7) is 2.15. The maximum atomic E-state index is 5.62. The van der Waals surface area contributed by atoms with Gasteiger partial charge in [-0.3, -0.25) is 0 Å². The predicted octanol–water partition coefficient (Wildman–Crippen LogP) is 4.01. The second-order valence-corrected chi connectivity index (χ2v) is 4.92. The second-order valence-electron chi connectivity index (χ2n) is 4.92. The number of rotatable bonds is 2. The van der Waals surface area contributed by atoms with E-state index in [-0.39, 0.29) is 5.54 Å². The van der Waals surface area contributed by atoms with E-state index >= 15 is 0 Å². The molecule has 1 atom stereocenters. The van der Waals surface area contributed by atoms with Gasteiger partial charge in [-0.15, -0.1) is 0 Å². The number of ether oxygens (including phenoxy) is 1. The Morgan fingerprint density at radius 3 is 2.37 bits per heavy atom. The van der Waals surface area contributed by atoms with Crippen LogP contribution in [0.4, 0.5) is 5.69 Å². The first-order valence-electron chi connectivity index (χ1n) is 6.43. The second kappa shape index (κ2) is 4.47. The number of anilines is 1. The average molecular weight is 251 g/mol. The Kier molecular flexibility index (Phi) is 2.79. The van der Waals surface area contributed by atoms with Crippen molar-refractivity contribution in [1.29, 1.82) is 0 Å². The molecule has 2 aromatic carbocycles. The van der Waals surface area contributed by atoms with Gasteiger partial charge in [-0.1, -0.05) is 48.5 Å². The van der Waals surface area contributed by atoms with Gasteiger partial charge in [0.15, 0.2) is 0 Å². The summed E-state index contributed by atoms with van der Waals surface area (Å²) in [7, 11) is 1.72. The highest BCUT2D eigenvalue weighted by Crippen LogP contribution is 2.40. The molecule has 2 nitrogen and oxygen atoms in total. The average Bonchev–Trinajstić information content (AvgIpc) is 2.47. The number of hydrogen-bond acceptors (Lipinski definition) is 2. The van der Waals surface area contributed by atoms with Gasteiger partial charge in [-0.05, 0) is 24.6 Å². The van der Waals surface area contributed by atoms with E-state index in [0.29, 0.717) is 0 Å². The van der Waals surface area contributed by atoms with Crippen molar-refractivity contribution in [2.24, 2.45) is 0 Å². The minimum atomic E-state index is -0.329. The molecule has 2 aromatic rings. The van der Waals surface area contributed by atoms with Crippen LogP contribution in [0.5, 0.6) is 0 Å². The third kappa shape index (κ3) is 1.89. The van der Waals surface area contributed by atoms with Crippen LogP contribution in [0.25, 0.3) is 6.08 Å². The molecule has 2 heteroatoms. The van der Waals surface area contributed by atoms with E-state index in [2.05, 4.69) is 54.7 Å². The first-order valence-corrected chi connectivity index (χ1v) is 6.43. The summed E-state index contributed by atoms with van der Waals surface area (Å²) >= 11 is 0. The van der Waals surface area contributed by atoms with Crippen molar-refractivity contribution < 1.29 is 4.74 Å². The number of fused-ring (bicyclic) bond motifs is 1. The van der Waals surface area contributed by atoms with Gasteiger partial charge in [0.25, 0.3) is 0 Å². The highest BCUT2D eigenvalue weighted by Gasteiger charge is 2.35. The fraction of sp³-hybridized carbons (Fsp3) is 0.176. The molecule has 0 aromatic heterocycles. The smallest absolute Gasteiger partial charge is 0.126 e. The molecule has 1 N–H and O–H groups in total. The Morgan fingerprint density at radius 1 is 0.947 bits per heavy atom. The van der Waals surface area contributed by atoms with Gasteiger partial charge in [-0.25, -0.2) is 0 Å². The zero-order valence-corrected chi connectivity index (χ0v) is 11.2. The summed E-state index contributed by atoms with van der Waals surface area (Å²) in [4.78, 5) is 0. The van der Waals surface area contributed by atoms with E-state index in [4.69, 9.17) is 4.74 Å². The van der Waals surface area contributed by atoms with Gasteiger partial charge >= 0.3 is 0 Å². The topological polar surface area (TPSA) is 21.3 Å². The van der Waals surface area contributed by atoms with Gasteiger partial charge in [0.1, 0.15) is 11.3 Å². The molecule has 0 saturated heterocycles. The fourth-order valence-electron chi connectivity index (χ4n) is 2.60. The van der Waals surface area contributed by atoms with Crippen LogP contribution in [0.3, 0.4) is 0 Å². The van der Waals surface area contributed by atoms with Crippen LogP contribution in [0.1, 0.15) is 18.1 Å². The molecule has 0 radical (unpaired) electrons. The third-order valence-corrected chi connectivity index (χ3v) is 3.70. The van der Waals surface area contributed by atoms with Crippen LogP contribution in [-0.4, -0.2) is 7.11 Å². The maximum Gasteiger partial charge on any atom is 0.126 e.